The van der Waals surface area contributed by atoms with Crippen molar-refractivity contribution in [1.82, 2.24) is 5.32 Å². The van der Waals surface area contributed by atoms with Crippen molar-refractivity contribution < 1.29 is 9.50 Å². The van der Waals surface area contributed by atoms with Crippen molar-refractivity contribution >= 4 is 5.69 Å². The van der Waals surface area contributed by atoms with Crippen LogP contribution in [0.1, 0.15) is 31.2 Å². The van der Waals surface area contributed by atoms with Crippen LogP contribution in [0.2, 0.25) is 0 Å². The minimum absolute atomic E-state index is 0.123. The van der Waals surface area contributed by atoms with Crippen molar-refractivity contribution in [2.24, 2.45) is 5.92 Å². The van der Waals surface area contributed by atoms with E-state index in [1.54, 1.807) is 12.1 Å². The summed E-state index contributed by atoms with van der Waals surface area (Å²) in [7, 11) is 0. The molecular weight excluding hydrogens is 255 g/mol. The third kappa shape index (κ3) is 3.13. The van der Waals surface area contributed by atoms with E-state index in [1.807, 2.05) is 6.07 Å². The highest BCUT2D eigenvalue weighted by atomic mass is 19.1. The molecule has 0 radical (unpaired) electrons. The Morgan fingerprint density at radius 2 is 1.95 bits per heavy atom. The maximum Gasteiger partial charge on any atom is 0.146 e. The lowest BCUT2D eigenvalue weighted by Crippen LogP contribution is -2.36. The van der Waals surface area contributed by atoms with Crippen LogP contribution in [-0.4, -0.2) is 30.8 Å². The van der Waals surface area contributed by atoms with E-state index in [4.69, 9.17) is 0 Å². The standard InChI is InChI=1S/C16H23FN2O/c17-15-3-1-2-13(10-18-14-4-5-14)16(15)19-8-6-12(11-20)7-9-19/h1-3,12,14,18,20H,4-11H2. The molecule has 1 aromatic rings. The second kappa shape index (κ2) is 6.10. The van der Waals surface area contributed by atoms with Gasteiger partial charge < -0.3 is 15.3 Å². The van der Waals surface area contributed by atoms with Crippen LogP contribution in [0.25, 0.3) is 0 Å². The monoisotopic (exact) mass is 278 g/mol. The van der Waals surface area contributed by atoms with E-state index < -0.39 is 0 Å². The minimum Gasteiger partial charge on any atom is -0.396 e. The summed E-state index contributed by atoms with van der Waals surface area (Å²) in [4.78, 5) is 2.14. The lowest BCUT2D eigenvalue weighted by molar-refractivity contribution is 0.202. The number of nitrogens with one attached hydrogen (secondary N) is 1. The summed E-state index contributed by atoms with van der Waals surface area (Å²) in [6, 6.07) is 6.00. The van der Waals surface area contributed by atoms with Crippen LogP contribution < -0.4 is 10.2 Å². The Labute approximate surface area is 119 Å². The highest BCUT2D eigenvalue weighted by Crippen LogP contribution is 2.30. The van der Waals surface area contributed by atoms with Crippen molar-refractivity contribution in [3.8, 4) is 0 Å². The van der Waals surface area contributed by atoms with Gasteiger partial charge in [-0.3, -0.25) is 0 Å². The second-order valence-corrected chi connectivity index (χ2v) is 6.02. The number of piperidine rings is 1. The lowest BCUT2D eigenvalue weighted by atomic mass is 9.96. The van der Waals surface area contributed by atoms with Gasteiger partial charge in [0, 0.05) is 32.3 Å². The number of anilines is 1. The highest BCUT2D eigenvalue weighted by molar-refractivity contribution is 5.55. The Bertz CT molecular complexity index is 454. The number of nitrogens with zero attached hydrogens (tertiary/aromatic N) is 1. The summed E-state index contributed by atoms with van der Waals surface area (Å²) < 4.78 is 14.2. The van der Waals surface area contributed by atoms with Gasteiger partial charge >= 0.3 is 0 Å². The highest BCUT2D eigenvalue weighted by Gasteiger charge is 2.24. The molecule has 1 aromatic carbocycles. The SMILES string of the molecule is OCC1CCN(c2c(F)cccc2CNC2CC2)CC1. The quantitative estimate of drug-likeness (QED) is 0.867. The maximum absolute atomic E-state index is 14.2. The zero-order valence-corrected chi connectivity index (χ0v) is 11.8. The van der Waals surface area contributed by atoms with Crippen LogP contribution >= 0.6 is 0 Å². The molecule has 110 valence electrons. The lowest BCUT2D eigenvalue weighted by Gasteiger charge is -2.34. The predicted octanol–water partition coefficient (Wildman–Crippen LogP) is 2.29. The average Bonchev–Trinajstić information content (AvgIpc) is 3.30. The van der Waals surface area contributed by atoms with Crippen molar-refractivity contribution in [2.75, 3.05) is 24.6 Å². The molecule has 0 bridgehead atoms. The van der Waals surface area contributed by atoms with Gasteiger partial charge in [0.2, 0.25) is 0 Å². The molecule has 1 aliphatic carbocycles. The number of rotatable bonds is 5. The minimum atomic E-state index is -0.123. The molecule has 2 aliphatic rings. The summed E-state index contributed by atoms with van der Waals surface area (Å²) in [6.45, 7) is 2.67. The van der Waals surface area contributed by atoms with Gasteiger partial charge in [0.25, 0.3) is 0 Å². The van der Waals surface area contributed by atoms with Crippen LogP contribution in [-0.2, 0) is 6.54 Å². The molecule has 3 nitrogen and oxygen atoms in total. The van der Waals surface area contributed by atoms with E-state index in [0.717, 1.165) is 43.7 Å². The van der Waals surface area contributed by atoms with Gasteiger partial charge in [0.1, 0.15) is 5.82 Å². The zero-order valence-electron chi connectivity index (χ0n) is 11.8. The number of hydrogen-bond acceptors (Lipinski definition) is 3. The summed E-state index contributed by atoms with van der Waals surface area (Å²) in [5.74, 6) is 0.258. The van der Waals surface area contributed by atoms with Gasteiger partial charge in [-0.2, -0.15) is 0 Å². The van der Waals surface area contributed by atoms with Crippen molar-refractivity contribution in [1.29, 1.82) is 0 Å². The summed E-state index contributed by atoms with van der Waals surface area (Å²) in [5, 5.41) is 12.7. The molecule has 0 spiro atoms. The Morgan fingerprint density at radius 1 is 1.20 bits per heavy atom. The molecular formula is C16H23FN2O. The smallest absolute Gasteiger partial charge is 0.146 e. The molecule has 4 heteroatoms. The van der Waals surface area contributed by atoms with Crippen LogP contribution in [0.5, 0.6) is 0 Å². The number of para-hydroxylation sites is 1. The molecule has 0 aromatic heterocycles. The van der Waals surface area contributed by atoms with E-state index >= 15 is 0 Å². The summed E-state index contributed by atoms with van der Waals surface area (Å²) in [5.41, 5.74) is 1.82. The topological polar surface area (TPSA) is 35.5 Å². The molecule has 20 heavy (non-hydrogen) atoms. The van der Waals surface area contributed by atoms with E-state index in [-0.39, 0.29) is 12.4 Å². The van der Waals surface area contributed by atoms with Crippen molar-refractivity contribution in [2.45, 2.75) is 38.3 Å². The zero-order chi connectivity index (χ0) is 13.9. The van der Waals surface area contributed by atoms with Crippen molar-refractivity contribution in [3.63, 3.8) is 0 Å². The fourth-order valence-electron chi connectivity index (χ4n) is 2.94. The summed E-state index contributed by atoms with van der Waals surface area (Å²) >= 11 is 0. The number of benzene rings is 1. The Morgan fingerprint density at radius 3 is 2.60 bits per heavy atom. The van der Waals surface area contributed by atoms with E-state index in [2.05, 4.69) is 10.2 Å². The number of aliphatic hydroxyl groups excluding tert-OH is 1. The van der Waals surface area contributed by atoms with Crippen LogP contribution in [0, 0.1) is 11.7 Å². The van der Waals surface area contributed by atoms with Crippen LogP contribution in [0.3, 0.4) is 0 Å². The fourth-order valence-corrected chi connectivity index (χ4v) is 2.94. The Kier molecular flexibility index (Phi) is 4.22. The third-order valence-corrected chi connectivity index (χ3v) is 4.42. The molecule has 0 atom stereocenters. The molecule has 1 aliphatic heterocycles. The number of hydrogen-bond donors (Lipinski definition) is 2. The second-order valence-electron chi connectivity index (χ2n) is 6.02. The molecule has 1 saturated heterocycles. The molecule has 2 fully saturated rings. The van der Waals surface area contributed by atoms with Crippen molar-refractivity contribution in [3.05, 3.63) is 29.6 Å². The number of aliphatic hydroxyl groups is 1. The Balaban J connectivity index is 1.73. The normalized spacial score (nSPS) is 20.4. The molecule has 1 saturated carbocycles. The molecule has 3 rings (SSSR count). The van der Waals surface area contributed by atoms with Crippen LogP contribution in [0.15, 0.2) is 18.2 Å². The molecule has 0 amide bonds. The van der Waals surface area contributed by atoms with E-state index in [9.17, 15) is 9.50 Å². The molecule has 2 N–H and O–H groups in total. The van der Waals surface area contributed by atoms with Gasteiger partial charge in [-0.1, -0.05) is 12.1 Å². The first-order valence-electron chi connectivity index (χ1n) is 7.64. The first kappa shape index (κ1) is 13.8. The average molecular weight is 278 g/mol. The van der Waals surface area contributed by atoms with Gasteiger partial charge in [0.05, 0.1) is 5.69 Å². The van der Waals surface area contributed by atoms with Crippen LogP contribution in [0.4, 0.5) is 10.1 Å². The predicted molar refractivity (Wildman–Crippen MR) is 78.3 cm³/mol. The molecule has 0 unspecified atom stereocenters. The fraction of sp³-hybridized carbons (Fsp3) is 0.625. The van der Waals surface area contributed by atoms with E-state index in [0.29, 0.717) is 12.0 Å². The number of halogens is 1. The van der Waals surface area contributed by atoms with E-state index in [1.165, 1.54) is 12.8 Å². The summed E-state index contributed by atoms with van der Waals surface area (Å²) in [6.07, 6.45) is 4.37. The largest absolute Gasteiger partial charge is 0.396 e. The molecule has 1 heterocycles. The van der Waals surface area contributed by atoms with Gasteiger partial charge in [-0.25, -0.2) is 4.39 Å². The van der Waals surface area contributed by atoms with Gasteiger partial charge in [-0.15, -0.1) is 0 Å². The third-order valence-electron chi connectivity index (χ3n) is 4.42. The Hall–Kier alpha value is -1.13. The van der Waals surface area contributed by atoms with Gasteiger partial charge in [-0.05, 0) is 43.2 Å². The first-order chi connectivity index (χ1) is 9.78. The van der Waals surface area contributed by atoms with Gasteiger partial charge in [0.15, 0.2) is 0 Å². The first-order valence-corrected chi connectivity index (χ1v) is 7.64. The maximum atomic E-state index is 14.2.